The number of hydrogen-bond donors (Lipinski definition) is 4. The molecule has 0 aromatic rings. The van der Waals surface area contributed by atoms with Crippen LogP contribution >= 0.6 is 0 Å². The van der Waals surface area contributed by atoms with Crippen LogP contribution in [0.3, 0.4) is 0 Å². The first-order chi connectivity index (χ1) is 7.76. The summed E-state index contributed by atoms with van der Waals surface area (Å²) in [4.78, 5) is 21.7. The summed E-state index contributed by atoms with van der Waals surface area (Å²) >= 11 is 0. The molecule has 0 heterocycles. The Hall–Kier alpha value is -1.35. The van der Waals surface area contributed by atoms with Crippen molar-refractivity contribution in [3.63, 3.8) is 0 Å². The van der Waals surface area contributed by atoms with E-state index >= 15 is 0 Å². The fourth-order valence-electron chi connectivity index (χ4n) is 0.991. The summed E-state index contributed by atoms with van der Waals surface area (Å²) in [5.74, 6) is -2.01. The van der Waals surface area contributed by atoms with Gasteiger partial charge in [0.15, 0.2) is 0 Å². The van der Waals surface area contributed by atoms with E-state index in [4.69, 9.17) is 10.2 Å². The van der Waals surface area contributed by atoms with Gasteiger partial charge in [-0.2, -0.15) is 0 Å². The molecule has 17 heavy (non-hydrogen) atoms. The van der Waals surface area contributed by atoms with Crippen LogP contribution in [0.2, 0.25) is 0 Å². The zero-order chi connectivity index (χ0) is 13.5. The molecule has 0 aliphatic rings. The highest BCUT2D eigenvalue weighted by Crippen LogP contribution is 1.99. The van der Waals surface area contributed by atoms with Crippen molar-refractivity contribution in [1.29, 1.82) is 0 Å². The molecule has 0 saturated carbocycles. The van der Waals surface area contributed by atoms with Crippen LogP contribution in [-0.4, -0.2) is 44.4 Å². The molecule has 1 unspecified atom stereocenters. The molecule has 0 rings (SSSR count). The van der Waals surface area contributed by atoms with Gasteiger partial charge in [-0.05, 0) is 6.42 Å². The van der Waals surface area contributed by atoms with E-state index in [0.29, 0.717) is 6.42 Å². The van der Waals surface area contributed by atoms with Crippen LogP contribution < -0.4 is 15.8 Å². The number of primary sulfonamides is 1. The van der Waals surface area contributed by atoms with Gasteiger partial charge in [0.2, 0.25) is 10.0 Å². The smallest absolute Gasteiger partial charge is 0.314 e. The van der Waals surface area contributed by atoms with Gasteiger partial charge in [-0.1, -0.05) is 6.92 Å². The SMILES string of the molecule is CCC(CNC(=O)NCCS(N)(=O)=O)C(=O)O. The topological polar surface area (TPSA) is 139 Å². The molecule has 0 saturated heterocycles. The van der Waals surface area contributed by atoms with E-state index in [9.17, 15) is 18.0 Å². The third kappa shape index (κ3) is 8.46. The van der Waals surface area contributed by atoms with Crippen molar-refractivity contribution >= 4 is 22.0 Å². The second-order valence-corrected chi connectivity index (χ2v) is 5.18. The predicted octanol–water partition coefficient (Wildman–Crippen LogP) is -1.32. The number of urea groups is 1. The lowest BCUT2D eigenvalue weighted by atomic mass is 10.1. The van der Waals surface area contributed by atoms with Crippen molar-refractivity contribution in [2.45, 2.75) is 13.3 Å². The van der Waals surface area contributed by atoms with Crippen molar-refractivity contribution in [3.8, 4) is 0 Å². The Kier molecular flexibility index (Phi) is 6.51. The zero-order valence-corrected chi connectivity index (χ0v) is 10.3. The highest BCUT2D eigenvalue weighted by atomic mass is 32.2. The Morgan fingerprint density at radius 1 is 1.35 bits per heavy atom. The number of amides is 2. The van der Waals surface area contributed by atoms with E-state index in [-0.39, 0.29) is 18.8 Å². The van der Waals surface area contributed by atoms with E-state index in [1.54, 1.807) is 6.92 Å². The third-order valence-electron chi connectivity index (χ3n) is 2.02. The van der Waals surface area contributed by atoms with E-state index in [0.717, 1.165) is 0 Å². The van der Waals surface area contributed by atoms with Crippen LogP contribution in [0, 0.1) is 5.92 Å². The molecule has 0 bridgehead atoms. The minimum Gasteiger partial charge on any atom is -0.481 e. The molecule has 100 valence electrons. The number of carbonyl (C=O) groups is 2. The van der Waals surface area contributed by atoms with Crippen molar-refractivity contribution in [2.24, 2.45) is 11.1 Å². The van der Waals surface area contributed by atoms with Crippen LogP contribution in [0.5, 0.6) is 0 Å². The number of carboxylic acid groups (broad SMARTS) is 1. The molecular weight excluding hydrogens is 250 g/mol. The predicted molar refractivity (Wildman–Crippen MR) is 60.8 cm³/mol. The first kappa shape index (κ1) is 15.7. The van der Waals surface area contributed by atoms with Crippen LogP contribution in [0.1, 0.15) is 13.3 Å². The molecule has 1 atom stereocenters. The first-order valence-electron chi connectivity index (χ1n) is 5.01. The maximum absolute atomic E-state index is 11.1. The Bertz CT molecular complexity index is 367. The quantitative estimate of drug-likeness (QED) is 0.453. The van der Waals surface area contributed by atoms with Gasteiger partial charge in [0, 0.05) is 13.1 Å². The average Bonchev–Trinajstić information content (AvgIpc) is 2.16. The molecule has 8 nitrogen and oxygen atoms in total. The highest BCUT2D eigenvalue weighted by molar-refractivity contribution is 7.89. The van der Waals surface area contributed by atoms with Crippen molar-refractivity contribution in [1.82, 2.24) is 10.6 Å². The normalized spacial score (nSPS) is 12.8. The first-order valence-corrected chi connectivity index (χ1v) is 6.72. The molecule has 0 aliphatic heterocycles. The van der Waals surface area contributed by atoms with E-state index in [1.165, 1.54) is 0 Å². The monoisotopic (exact) mass is 267 g/mol. The second-order valence-electron chi connectivity index (χ2n) is 3.45. The van der Waals surface area contributed by atoms with Crippen molar-refractivity contribution in [3.05, 3.63) is 0 Å². The Morgan fingerprint density at radius 3 is 2.35 bits per heavy atom. The van der Waals surface area contributed by atoms with Crippen LogP contribution in [0.15, 0.2) is 0 Å². The average molecular weight is 267 g/mol. The van der Waals surface area contributed by atoms with Gasteiger partial charge >= 0.3 is 12.0 Å². The summed E-state index contributed by atoms with van der Waals surface area (Å²) in [6, 6.07) is -0.617. The highest BCUT2D eigenvalue weighted by Gasteiger charge is 2.15. The summed E-state index contributed by atoms with van der Waals surface area (Å²) in [5.41, 5.74) is 0. The van der Waals surface area contributed by atoms with Gasteiger partial charge in [0.25, 0.3) is 0 Å². The molecule has 0 aromatic carbocycles. The lowest BCUT2D eigenvalue weighted by molar-refractivity contribution is -0.141. The lowest BCUT2D eigenvalue weighted by Crippen LogP contribution is -2.41. The number of nitrogens with one attached hydrogen (secondary N) is 2. The molecule has 0 fully saturated rings. The fourth-order valence-corrected chi connectivity index (χ4v) is 1.38. The van der Waals surface area contributed by atoms with E-state index in [2.05, 4.69) is 10.6 Å². The van der Waals surface area contributed by atoms with Gasteiger partial charge < -0.3 is 15.7 Å². The maximum Gasteiger partial charge on any atom is 0.314 e. The number of carbonyl (C=O) groups excluding carboxylic acids is 1. The molecule has 0 radical (unpaired) electrons. The summed E-state index contributed by atoms with van der Waals surface area (Å²) < 4.78 is 21.1. The Labute approximate surface area is 99.6 Å². The van der Waals surface area contributed by atoms with Gasteiger partial charge in [-0.15, -0.1) is 0 Å². The van der Waals surface area contributed by atoms with Gasteiger partial charge in [0.1, 0.15) is 0 Å². The van der Waals surface area contributed by atoms with Gasteiger partial charge in [-0.3, -0.25) is 4.79 Å². The number of hydrogen-bond acceptors (Lipinski definition) is 4. The number of sulfonamides is 1. The van der Waals surface area contributed by atoms with Crippen LogP contribution in [0.4, 0.5) is 4.79 Å². The number of aliphatic carboxylic acids is 1. The molecule has 2 amide bonds. The fraction of sp³-hybridized carbons (Fsp3) is 0.750. The zero-order valence-electron chi connectivity index (χ0n) is 9.47. The largest absolute Gasteiger partial charge is 0.481 e. The third-order valence-corrected chi connectivity index (χ3v) is 2.80. The molecule has 9 heteroatoms. The standard InChI is InChI=1S/C8H17N3O5S/c1-2-6(7(12)13)5-11-8(14)10-3-4-17(9,15)16/h6H,2-5H2,1H3,(H,12,13)(H2,9,15,16)(H2,10,11,14). The van der Waals surface area contributed by atoms with Gasteiger partial charge in [0.05, 0.1) is 11.7 Å². The summed E-state index contributed by atoms with van der Waals surface area (Å²) in [6.07, 6.45) is 0.396. The second kappa shape index (κ2) is 7.07. The summed E-state index contributed by atoms with van der Waals surface area (Å²) in [6.45, 7) is 1.57. The molecule has 0 aromatic heterocycles. The summed E-state index contributed by atoms with van der Waals surface area (Å²) in [5, 5.41) is 18.0. The lowest BCUT2D eigenvalue weighted by Gasteiger charge is -2.11. The summed E-state index contributed by atoms with van der Waals surface area (Å²) in [7, 11) is -3.61. The Balaban J connectivity index is 3.84. The minimum atomic E-state index is -3.61. The number of carboxylic acids is 1. The minimum absolute atomic E-state index is 0.00690. The molecule has 0 spiro atoms. The maximum atomic E-state index is 11.1. The van der Waals surface area contributed by atoms with Crippen LogP contribution in [0.25, 0.3) is 0 Å². The Morgan fingerprint density at radius 2 is 1.94 bits per heavy atom. The molecule has 5 N–H and O–H groups in total. The van der Waals surface area contributed by atoms with E-state index < -0.39 is 27.9 Å². The van der Waals surface area contributed by atoms with Crippen molar-refractivity contribution < 1.29 is 23.1 Å². The number of rotatable bonds is 7. The van der Waals surface area contributed by atoms with Gasteiger partial charge in [-0.25, -0.2) is 18.4 Å². The van der Waals surface area contributed by atoms with E-state index in [1.807, 2.05) is 0 Å². The number of nitrogens with two attached hydrogens (primary N) is 1. The van der Waals surface area contributed by atoms with Crippen LogP contribution in [-0.2, 0) is 14.8 Å². The molecule has 0 aliphatic carbocycles. The molecular formula is C8H17N3O5S. The van der Waals surface area contributed by atoms with Crippen molar-refractivity contribution in [2.75, 3.05) is 18.8 Å².